The van der Waals surface area contributed by atoms with Gasteiger partial charge in [0.25, 0.3) is 0 Å². The molecule has 0 radical (unpaired) electrons. The number of amides is 2. The Kier molecular flexibility index (Phi) is 5.86. The standard InChI is InChI=1S/C27H30N4O3/c1-17-25(29-27(33)34-16-19-7-5-4-6-8-19)23-13-21(22-14-28-30(3)15-22)11-12-24(23)31(18(2)32)26(17)20-9-10-20/h4-8,11-15,17,20,25-26H,9-10,16H2,1-3H3,(H,29,33)/t17-,25?,26?/m1/s1. The summed E-state index contributed by atoms with van der Waals surface area (Å²) in [5, 5.41) is 7.42. The van der Waals surface area contributed by atoms with Crippen LogP contribution in [0, 0.1) is 11.8 Å². The monoisotopic (exact) mass is 458 g/mol. The zero-order valence-corrected chi connectivity index (χ0v) is 19.8. The molecule has 2 unspecified atom stereocenters. The van der Waals surface area contributed by atoms with Crippen LogP contribution in [0.1, 0.15) is 43.9 Å². The summed E-state index contributed by atoms with van der Waals surface area (Å²) in [6.45, 7) is 3.96. The second kappa shape index (κ2) is 8.97. The number of nitrogens with zero attached hydrogens (tertiary/aromatic N) is 3. The molecular weight excluding hydrogens is 428 g/mol. The number of benzene rings is 2. The molecule has 1 aliphatic carbocycles. The van der Waals surface area contributed by atoms with Crippen LogP contribution in [0.15, 0.2) is 60.9 Å². The molecule has 1 aromatic heterocycles. The molecule has 2 aromatic carbocycles. The number of carbonyl (C=O) groups is 2. The summed E-state index contributed by atoms with van der Waals surface area (Å²) in [7, 11) is 1.88. The number of carbonyl (C=O) groups excluding carboxylic acids is 2. The third-order valence-electron chi connectivity index (χ3n) is 6.95. The van der Waals surface area contributed by atoms with Crippen LogP contribution in [0.2, 0.25) is 0 Å². The van der Waals surface area contributed by atoms with Crippen molar-refractivity contribution in [1.29, 1.82) is 0 Å². The van der Waals surface area contributed by atoms with Gasteiger partial charge >= 0.3 is 6.09 Å². The fourth-order valence-corrected chi connectivity index (χ4v) is 5.21. The fraction of sp³-hybridized carbons (Fsp3) is 0.370. The van der Waals surface area contributed by atoms with Crippen LogP contribution in [0.4, 0.5) is 10.5 Å². The van der Waals surface area contributed by atoms with Gasteiger partial charge in [0.1, 0.15) is 6.61 Å². The van der Waals surface area contributed by atoms with Gasteiger partial charge in [-0.15, -0.1) is 0 Å². The van der Waals surface area contributed by atoms with E-state index in [0.717, 1.165) is 40.8 Å². The summed E-state index contributed by atoms with van der Waals surface area (Å²) >= 11 is 0. The van der Waals surface area contributed by atoms with Crippen molar-refractivity contribution in [1.82, 2.24) is 15.1 Å². The Morgan fingerprint density at radius 2 is 1.88 bits per heavy atom. The maximum Gasteiger partial charge on any atom is 0.407 e. The minimum atomic E-state index is -0.454. The van der Waals surface area contributed by atoms with Crippen LogP contribution in [-0.2, 0) is 23.2 Å². The van der Waals surface area contributed by atoms with Crippen molar-refractivity contribution < 1.29 is 14.3 Å². The first-order valence-corrected chi connectivity index (χ1v) is 11.8. The van der Waals surface area contributed by atoms with E-state index in [0.29, 0.717) is 5.92 Å². The van der Waals surface area contributed by atoms with E-state index in [4.69, 9.17) is 4.74 Å². The highest BCUT2D eigenvalue weighted by atomic mass is 16.5. The van der Waals surface area contributed by atoms with Crippen molar-refractivity contribution >= 4 is 17.7 Å². The van der Waals surface area contributed by atoms with E-state index in [1.165, 1.54) is 0 Å². The van der Waals surface area contributed by atoms with Crippen molar-refractivity contribution in [2.45, 2.75) is 45.4 Å². The van der Waals surface area contributed by atoms with E-state index >= 15 is 0 Å². The quantitative estimate of drug-likeness (QED) is 0.594. The first-order chi connectivity index (χ1) is 16.4. The van der Waals surface area contributed by atoms with Crippen LogP contribution in [-0.4, -0.2) is 27.8 Å². The second-order valence-electron chi connectivity index (χ2n) is 9.44. The largest absolute Gasteiger partial charge is 0.445 e. The van der Waals surface area contributed by atoms with E-state index in [9.17, 15) is 9.59 Å². The lowest BCUT2D eigenvalue weighted by Crippen LogP contribution is -2.53. The lowest BCUT2D eigenvalue weighted by Gasteiger charge is -2.45. The molecule has 176 valence electrons. The van der Waals surface area contributed by atoms with Gasteiger partial charge in [-0.2, -0.15) is 5.10 Å². The van der Waals surface area contributed by atoms with Crippen molar-refractivity contribution in [2.24, 2.45) is 18.9 Å². The Balaban J connectivity index is 1.48. The molecule has 3 aromatic rings. The molecule has 7 heteroatoms. The molecule has 3 atom stereocenters. The molecule has 34 heavy (non-hydrogen) atoms. The number of nitrogens with one attached hydrogen (secondary N) is 1. The summed E-state index contributed by atoms with van der Waals surface area (Å²) in [4.78, 5) is 27.6. The average molecular weight is 459 g/mol. The van der Waals surface area contributed by atoms with Gasteiger partial charge in [0, 0.05) is 43.4 Å². The van der Waals surface area contributed by atoms with Crippen molar-refractivity contribution in [2.75, 3.05) is 4.90 Å². The predicted molar refractivity (Wildman–Crippen MR) is 130 cm³/mol. The van der Waals surface area contributed by atoms with Crippen LogP contribution >= 0.6 is 0 Å². The van der Waals surface area contributed by atoms with Crippen LogP contribution in [0.5, 0.6) is 0 Å². The van der Waals surface area contributed by atoms with Gasteiger partial charge in [-0.1, -0.05) is 43.3 Å². The predicted octanol–water partition coefficient (Wildman–Crippen LogP) is 4.84. The number of hydrogen-bond acceptors (Lipinski definition) is 4. The summed E-state index contributed by atoms with van der Waals surface area (Å²) < 4.78 is 7.32. The third-order valence-corrected chi connectivity index (χ3v) is 6.95. The normalized spacial score (nSPS) is 21.6. The van der Waals surface area contributed by atoms with E-state index in [-0.39, 0.29) is 30.5 Å². The number of ether oxygens (including phenoxy) is 1. The molecule has 7 nitrogen and oxygen atoms in total. The maximum absolute atomic E-state index is 12.9. The number of alkyl carbamates (subject to hydrolysis) is 1. The fourth-order valence-electron chi connectivity index (χ4n) is 5.21. The molecule has 1 fully saturated rings. The molecule has 5 rings (SSSR count). The first kappa shape index (κ1) is 22.2. The first-order valence-electron chi connectivity index (χ1n) is 11.8. The van der Waals surface area contributed by atoms with Crippen LogP contribution < -0.4 is 10.2 Å². The summed E-state index contributed by atoms with van der Waals surface area (Å²) in [6, 6.07) is 15.5. The Morgan fingerprint density at radius 1 is 1.12 bits per heavy atom. The SMILES string of the molecule is CC(=O)N1c2ccc(-c3cnn(C)c3)cc2C(NC(=O)OCc2ccccc2)[C@@H](C)C1C1CC1. The van der Waals surface area contributed by atoms with Crippen molar-refractivity contribution in [3.63, 3.8) is 0 Å². The zero-order valence-electron chi connectivity index (χ0n) is 19.8. The van der Waals surface area contributed by atoms with E-state index in [1.54, 1.807) is 11.6 Å². The third kappa shape index (κ3) is 4.30. The Bertz CT molecular complexity index is 1200. The van der Waals surface area contributed by atoms with E-state index < -0.39 is 6.09 Å². The molecule has 2 aliphatic rings. The van der Waals surface area contributed by atoms with Gasteiger partial charge in [-0.3, -0.25) is 9.48 Å². The molecule has 1 N–H and O–H groups in total. The zero-order chi connectivity index (χ0) is 23.8. The number of anilines is 1. The Hall–Kier alpha value is -3.61. The lowest BCUT2D eigenvalue weighted by atomic mass is 9.79. The number of hydrogen-bond donors (Lipinski definition) is 1. The Morgan fingerprint density at radius 3 is 2.53 bits per heavy atom. The van der Waals surface area contributed by atoms with E-state index in [1.807, 2.05) is 66.8 Å². The number of aryl methyl sites for hydroxylation is 1. The van der Waals surface area contributed by atoms with Gasteiger partial charge in [-0.05, 0) is 47.6 Å². The van der Waals surface area contributed by atoms with Gasteiger partial charge in [-0.25, -0.2) is 4.79 Å². The van der Waals surface area contributed by atoms with Gasteiger partial charge < -0.3 is 15.0 Å². The molecule has 0 bridgehead atoms. The van der Waals surface area contributed by atoms with Crippen molar-refractivity contribution in [3.05, 3.63) is 72.1 Å². The highest BCUT2D eigenvalue weighted by molar-refractivity contribution is 5.94. The van der Waals surface area contributed by atoms with Crippen LogP contribution in [0.3, 0.4) is 0 Å². The highest BCUT2D eigenvalue weighted by Gasteiger charge is 2.48. The maximum atomic E-state index is 12.9. The molecule has 2 amide bonds. The smallest absolute Gasteiger partial charge is 0.407 e. The summed E-state index contributed by atoms with van der Waals surface area (Å²) in [5.41, 5.74) is 4.72. The average Bonchev–Trinajstić information content (AvgIpc) is 3.58. The molecule has 0 spiro atoms. The minimum Gasteiger partial charge on any atom is -0.445 e. The number of rotatable bonds is 5. The molecular formula is C27H30N4O3. The van der Waals surface area contributed by atoms with E-state index in [2.05, 4.69) is 23.4 Å². The topological polar surface area (TPSA) is 76.5 Å². The van der Waals surface area contributed by atoms with Crippen molar-refractivity contribution in [3.8, 4) is 11.1 Å². The highest BCUT2D eigenvalue weighted by Crippen LogP contribution is 2.49. The molecule has 2 heterocycles. The minimum absolute atomic E-state index is 0.0317. The van der Waals surface area contributed by atoms with Gasteiger partial charge in [0.15, 0.2) is 0 Å². The number of fused-ring (bicyclic) bond motifs is 1. The van der Waals surface area contributed by atoms with Crippen LogP contribution in [0.25, 0.3) is 11.1 Å². The summed E-state index contributed by atoms with van der Waals surface area (Å²) in [5.74, 6) is 0.524. The summed E-state index contributed by atoms with van der Waals surface area (Å²) in [6.07, 6.45) is 5.53. The Labute approximate surface area is 199 Å². The van der Waals surface area contributed by atoms with Gasteiger partial charge in [0.05, 0.1) is 12.2 Å². The van der Waals surface area contributed by atoms with Gasteiger partial charge in [0.2, 0.25) is 5.91 Å². The molecule has 1 aliphatic heterocycles. The number of aromatic nitrogens is 2. The molecule has 1 saturated carbocycles. The second-order valence-corrected chi connectivity index (χ2v) is 9.44. The lowest BCUT2D eigenvalue weighted by molar-refractivity contribution is -0.117. The molecule has 0 saturated heterocycles.